The van der Waals surface area contributed by atoms with Crippen LogP contribution in [0.3, 0.4) is 0 Å². The zero-order chi connectivity index (χ0) is 14.0. The largest absolute Gasteiger partial charge is 0.493 e. The summed E-state index contributed by atoms with van der Waals surface area (Å²) in [7, 11) is 0. The summed E-state index contributed by atoms with van der Waals surface area (Å²) < 4.78 is 6.12. The minimum atomic E-state index is 0.101. The summed E-state index contributed by atoms with van der Waals surface area (Å²) in [6.07, 6.45) is 1.06. The van der Waals surface area contributed by atoms with E-state index in [-0.39, 0.29) is 5.41 Å². The fourth-order valence-electron chi connectivity index (χ4n) is 4.18. The molecule has 5 rings (SSSR count). The van der Waals surface area contributed by atoms with Gasteiger partial charge in [0.2, 0.25) is 0 Å². The first-order valence-electron chi connectivity index (χ1n) is 7.58. The van der Waals surface area contributed by atoms with Crippen LogP contribution in [-0.2, 0) is 5.41 Å². The Balaban J connectivity index is 2.01. The third-order valence-electron chi connectivity index (χ3n) is 5.21. The van der Waals surface area contributed by atoms with Gasteiger partial charge in [0.1, 0.15) is 5.75 Å². The predicted molar refractivity (Wildman–Crippen MR) is 86.0 cm³/mol. The summed E-state index contributed by atoms with van der Waals surface area (Å²) in [5.74, 6) is 1.10. The van der Waals surface area contributed by atoms with Gasteiger partial charge in [-0.15, -0.1) is 0 Å². The van der Waals surface area contributed by atoms with E-state index in [1.54, 1.807) is 0 Å². The molecular formula is C20H16O. The molecule has 1 unspecified atom stereocenters. The number of hydrogen-bond acceptors (Lipinski definition) is 1. The van der Waals surface area contributed by atoms with Crippen LogP contribution in [0.2, 0.25) is 0 Å². The molecule has 0 aromatic heterocycles. The van der Waals surface area contributed by atoms with Crippen molar-refractivity contribution >= 4 is 10.8 Å². The van der Waals surface area contributed by atoms with Crippen LogP contribution in [0.1, 0.15) is 24.5 Å². The maximum atomic E-state index is 6.12. The van der Waals surface area contributed by atoms with Crippen molar-refractivity contribution in [2.24, 2.45) is 0 Å². The van der Waals surface area contributed by atoms with Gasteiger partial charge < -0.3 is 4.74 Å². The van der Waals surface area contributed by atoms with Crippen molar-refractivity contribution in [2.75, 3.05) is 6.61 Å². The third-order valence-corrected chi connectivity index (χ3v) is 5.21. The number of benzene rings is 3. The lowest BCUT2D eigenvalue weighted by Gasteiger charge is -2.34. The Kier molecular flexibility index (Phi) is 1.99. The fourth-order valence-corrected chi connectivity index (χ4v) is 4.18. The predicted octanol–water partition coefficient (Wildman–Crippen LogP) is 4.91. The van der Waals surface area contributed by atoms with Gasteiger partial charge in [0.25, 0.3) is 0 Å². The maximum Gasteiger partial charge on any atom is 0.131 e. The van der Waals surface area contributed by atoms with Crippen molar-refractivity contribution < 1.29 is 4.74 Å². The topological polar surface area (TPSA) is 9.23 Å². The van der Waals surface area contributed by atoms with E-state index >= 15 is 0 Å². The van der Waals surface area contributed by atoms with E-state index in [0.717, 1.165) is 18.8 Å². The standard InChI is InChI=1S/C20H16O/c1-20-10-11-21-19-14-7-3-2-6-13(14)12-16(18(19)20)15-8-4-5-9-17(15)20/h2-9,12H,10-11H2,1H3. The van der Waals surface area contributed by atoms with Gasteiger partial charge in [0.05, 0.1) is 6.61 Å². The highest BCUT2D eigenvalue weighted by Crippen LogP contribution is 2.57. The molecule has 3 aromatic rings. The molecule has 1 heteroatoms. The molecule has 2 aliphatic rings. The summed E-state index contributed by atoms with van der Waals surface area (Å²) >= 11 is 0. The molecule has 0 saturated heterocycles. The Morgan fingerprint density at radius 1 is 0.952 bits per heavy atom. The average molecular weight is 272 g/mol. The second-order valence-corrected chi connectivity index (χ2v) is 6.33. The highest BCUT2D eigenvalue weighted by molar-refractivity contribution is 5.99. The van der Waals surface area contributed by atoms with E-state index in [2.05, 4.69) is 61.5 Å². The van der Waals surface area contributed by atoms with Gasteiger partial charge >= 0.3 is 0 Å². The molecule has 0 radical (unpaired) electrons. The number of ether oxygens (including phenoxy) is 1. The van der Waals surface area contributed by atoms with E-state index < -0.39 is 0 Å². The SMILES string of the molecule is CC12CCOc3c1c(cc1ccccc31)-c1ccccc12. The molecule has 3 aromatic carbocycles. The lowest BCUT2D eigenvalue weighted by Crippen LogP contribution is -2.28. The Labute approximate surface area is 124 Å². The second-order valence-electron chi connectivity index (χ2n) is 6.33. The van der Waals surface area contributed by atoms with E-state index in [1.165, 1.54) is 33.0 Å². The molecule has 0 amide bonds. The molecular weight excluding hydrogens is 256 g/mol. The van der Waals surface area contributed by atoms with Crippen LogP contribution >= 0.6 is 0 Å². The molecule has 21 heavy (non-hydrogen) atoms. The van der Waals surface area contributed by atoms with E-state index in [9.17, 15) is 0 Å². The maximum absolute atomic E-state index is 6.12. The van der Waals surface area contributed by atoms with E-state index in [0.29, 0.717) is 0 Å². The smallest absolute Gasteiger partial charge is 0.131 e. The Hall–Kier alpha value is -2.28. The first-order chi connectivity index (χ1) is 10.3. The molecule has 0 bridgehead atoms. The summed E-state index contributed by atoms with van der Waals surface area (Å²) in [5, 5.41) is 2.52. The minimum Gasteiger partial charge on any atom is -0.493 e. The fraction of sp³-hybridized carbons (Fsp3) is 0.200. The molecule has 0 fully saturated rings. The number of hydrogen-bond donors (Lipinski definition) is 0. The first kappa shape index (κ1) is 11.4. The van der Waals surface area contributed by atoms with Crippen LogP contribution < -0.4 is 4.74 Å². The monoisotopic (exact) mass is 272 g/mol. The lowest BCUT2D eigenvalue weighted by molar-refractivity contribution is 0.250. The second kappa shape index (κ2) is 3.67. The zero-order valence-electron chi connectivity index (χ0n) is 12.0. The molecule has 1 nitrogen and oxygen atoms in total. The highest BCUT2D eigenvalue weighted by atomic mass is 16.5. The Morgan fingerprint density at radius 3 is 2.71 bits per heavy atom. The van der Waals surface area contributed by atoms with Crippen LogP contribution in [0.15, 0.2) is 54.6 Å². The van der Waals surface area contributed by atoms with Crippen LogP contribution in [0.25, 0.3) is 21.9 Å². The molecule has 1 atom stereocenters. The third kappa shape index (κ3) is 1.27. The number of fused-ring (bicyclic) bond motifs is 5. The molecule has 1 aliphatic carbocycles. The van der Waals surface area contributed by atoms with Crippen molar-refractivity contribution in [1.82, 2.24) is 0 Å². The quantitative estimate of drug-likeness (QED) is 0.565. The van der Waals surface area contributed by atoms with Gasteiger partial charge in [-0.05, 0) is 34.6 Å². The Bertz CT molecular complexity index is 893. The van der Waals surface area contributed by atoms with Crippen molar-refractivity contribution in [2.45, 2.75) is 18.8 Å². The minimum absolute atomic E-state index is 0.101. The van der Waals surface area contributed by atoms with Gasteiger partial charge in [-0.25, -0.2) is 0 Å². The van der Waals surface area contributed by atoms with Crippen LogP contribution in [0.5, 0.6) is 5.75 Å². The highest BCUT2D eigenvalue weighted by Gasteiger charge is 2.44. The van der Waals surface area contributed by atoms with Crippen molar-refractivity contribution in [3.05, 3.63) is 65.7 Å². The normalized spacial score (nSPS) is 21.8. The van der Waals surface area contributed by atoms with Gasteiger partial charge in [0, 0.05) is 16.4 Å². The van der Waals surface area contributed by atoms with Crippen LogP contribution in [-0.4, -0.2) is 6.61 Å². The Morgan fingerprint density at radius 2 is 1.76 bits per heavy atom. The average Bonchev–Trinajstić information content (AvgIpc) is 2.79. The van der Waals surface area contributed by atoms with Crippen LogP contribution in [0, 0.1) is 0 Å². The van der Waals surface area contributed by atoms with Gasteiger partial charge in [-0.2, -0.15) is 0 Å². The van der Waals surface area contributed by atoms with Crippen LogP contribution in [0.4, 0.5) is 0 Å². The van der Waals surface area contributed by atoms with Crippen molar-refractivity contribution in [3.8, 4) is 16.9 Å². The van der Waals surface area contributed by atoms with Gasteiger partial charge in [0.15, 0.2) is 0 Å². The molecule has 0 saturated carbocycles. The molecule has 1 aliphatic heterocycles. The first-order valence-corrected chi connectivity index (χ1v) is 7.58. The number of rotatable bonds is 0. The lowest BCUT2D eigenvalue weighted by atomic mass is 9.75. The van der Waals surface area contributed by atoms with Gasteiger partial charge in [-0.1, -0.05) is 55.5 Å². The summed E-state index contributed by atoms with van der Waals surface area (Å²) in [6.45, 7) is 3.17. The molecule has 0 N–H and O–H groups in total. The van der Waals surface area contributed by atoms with E-state index in [4.69, 9.17) is 4.74 Å². The molecule has 0 spiro atoms. The summed E-state index contributed by atoms with van der Waals surface area (Å²) in [4.78, 5) is 0. The van der Waals surface area contributed by atoms with Gasteiger partial charge in [-0.3, -0.25) is 0 Å². The zero-order valence-corrected chi connectivity index (χ0v) is 12.0. The molecule has 102 valence electrons. The molecule has 1 heterocycles. The van der Waals surface area contributed by atoms with E-state index in [1.807, 2.05) is 0 Å². The van der Waals surface area contributed by atoms with Crippen molar-refractivity contribution in [3.63, 3.8) is 0 Å². The summed E-state index contributed by atoms with van der Waals surface area (Å²) in [6, 6.07) is 19.7. The summed E-state index contributed by atoms with van der Waals surface area (Å²) in [5.41, 5.74) is 5.70. The van der Waals surface area contributed by atoms with Crippen molar-refractivity contribution in [1.29, 1.82) is 0 Å².